The Morgan fingerprint density at radius 1 is 0.363 bits per heavy atom. The van der Waals surface area contributed by atoms with Gasteiger partial charge in [0.05, 0.1) is 40.5 Å². The van der Waals surface area contributed by atoms with E-state index in [-0.39, 0.29) is 171 Å². The van der Waals surface area contributed by atoms with Crippen LogP contribution in [-0.2, 0) is 19.0 Å². The number of hydrogen-bond donors (Lipinski definition) is 4. The van der Waals surface area contributed by atoms with Crippen LogP contribution in [-0.4, -0.2) is 69.6 Å². The molecule has 4 aromatic heterocycles. The van der Waals surface area contributed by atoms with Crippen molar-refractivity contribution >= 4 is 248 Å². The summed E-state index contributed by atoms with van der Waals surface area (Å²) >= 11 is 27.4. The Morgan fingerprint density at radius 2 is 0.659 bits per heavy atom. The van der Waals surface area contributed by atoms with Crippen LogP contribution in [0, 0.1) is 29.1 Å². The Balaban J connectivity index is 0.000000152. The molecule has 21 aromatic rings. The molecule has 0 spiro atoms. The number of furan rings is 4. The average Bonchev–Trinajstić information content (AvgIpc) is 1.57. The number of carbonyl (C=O) groups is 1. The number of carbonyl (C=O) groups excluding carboxylic acids is 1. The van der Waals surface area contributed by atoms with Crippen molar-refractivity contribution in [3.8, 4) is 67.5 Å². The molecule has 0 saturated carbocycles. The Labute approximate surface area is 897 Å². The van der Waals surface area contributed by atoms with Gasteiger partial charge in [0.15, 0.2) is 5.58 Å². The molecular weight excluding hydrogens is 2040 g/mol. The molecule has 4 N–H and O–H groups in total. The molecule has 1 fully saturated rings. The Bertz CT molecular complexity index is 8020. The number of fused-ring (bicyclic) bond motifs is 20. The molecule has 15 nitrogen and oxygen atoms in total. The molecule has 31 heteroatoms. The van der Waals surface area contributed by atoms with Crippen LogP contribution in [0.25, 0.3) is 175 Å². The van der Waals surface area contributed by atoms with E-state index in [1.807, 2.05) is 78.9 Å². The van der Waals surface area contributed by atoms with Gasteiger partial charge >= 0.3 is 120 Å². The smallest absolute Gasteiger partial charge is 1.00 e. The number of phenols is 2. The minimum Gasteiger partial charge on any atom is -1.00 e. The summed E-state index contributed by atoms with van der Waals surface area (Å²) in [5.41, 5.74) is 9.77. The van der Waals surface area contributed by atoms with Gasteiger partial charge in [-0.3, -0.25) is 4.79 Å². The van der Waals surface area contributed by atoms with Gasteiger partial charge in [0, 0.05) is 142 Å². The third-order valence-electron chi connectivity index (χ3n) is 23.2. The van der Waals surface area contributed by atoms with Crippen LogP contribution in [0.4, 0.5) is 22.0 Å². The topological polar surface area (TPSA) is 220 Å². The fourth-order valence-corrected chi connectivity index (χ4v) is 16.9. The number of halogens is 11. The normalized spacial score (nSPS) is 12.3. The van der Waals surface area contributed by atoms with Crippen molar-refractivity contribution in [2.24, 2.45) is 0 Å². The standard InChI is InChI=1S/C28H23BO4.C24H17ClF2O2.C22H13ClF2O2.C22H11ClO2.C6H6BFO2.CH2O3.CH4.BBr3.2K.H/c1-27(2)28(3,4)33-29(32-27)22-10-7-9-17-19-14-15-20-21(25(19)31-26(17)22)13-12-18-16-8-5-6-11-23(16)30-24(18)20;1-28-23-16(14-6-3-4-9-21(14)26)10-12-19-18(23)13-11-17(24(19)29-2)15-7-5-8-20(25)22(15)27;23-18-6-3-5-13(20(18)25)15-9-11-16-17(22(15)27)10-8-14(21(16)26)12-4-1-2-7-19(12)24;23-18-6-3-5-13-15-10-11-16-17(21(15)25-22(13)18)9-8-14-12-4-1-2-7-19(12)24-20(14)16;8-6-4-2-1-3-5(6)7(9)10;2-1-4-3;;2-1(3)4;;;/h5-15H,1-4H3;3-13H,1-2H3;1-11,26-27H;1-11H;1-4,9-10H;1,3H;1H4;;;;/q;;;;;;;;2*+1;-1/p-1. The second kappa shape index (κ2) is 44.3. The number of ether oxygens (including phenoxy) is 2. The number of phenolic OH excluding ortho intramolecular Hbond substituents is 2. The number of methoxy groups -OCH3 is 2. The molecular formula is C104H76B3Br3Cl3F5K2O15. The Hall–Kier alpha value is -9.12. The fourth-order valence-electron chi connectivity index (χ4n) is 16.3. The number of hydrogen-bond acceptors (Lipinski definition) is 15. The maximum atomic E-state index is 14.6. The van der Waals surface area contributed by atoms with E-state index in [0.717, 1.165) is 126 Å². The maximum absolute atomic E-state index is 14.6. The van der Waals surface area contributed by atoms with Crippen LogP contribution < -0.4 is 128 Å². The minimum atomic E-state index is -1.72. The molecule has 17 aromatic carbocycles. The van der Waals surface area contributed by atoms with Crippen LogP contribution in [0.5, 0.6) is 23.0 Å². The molecule has 5 heterocycles. The molecule has 0 bridgehead atoms. The zero-order chi connectivity index (χ0) is 93.3. The largest absolute Gasteiger partial charge is 1.00 e. The van der Waals surface area contributed by atoms with Gasteiger partial charge in [0.1, 0.15) is 91.2 Å². The first-order valence-corrected chi connectivity index (χ1v) is 44.6. The zero-order valence-corrected chi connectivity index (χ0v) is 85.7. The molecule has 0 radical (unpaired) electrons. The summed E-state index contributed by atoms with van der Waals surface area (Å²) in [6.45, 7) is 8.09. The predicted molar refractivity (Wildman–Crippen MR) is 537 cm³/mol. The summed E-state index contributed by atoms with van der Waals surface area (Å²) in [5.74, 6) is -1.90. The molecule has 1 aliphatic heterocycles. The van der Waals surface area contributed by atoms with Gasteiger partial charge in [-0.2, -0.15) is 0 Å². The van der Waals surface area contributed by atoms with Gasteiger partial charge in [-0.25, -0.2) is 22.0 Å². The van der Waals surface area contributed by atoms with Crippen molar-refractivity contribution < 1.29 is 198 Å². The van der Waals surface area contributed by atoms with E-state index < -0.39 is 48.7 Å². The summed E-state index contributed by atoms with van der Waals surface area (Å²) in [7, 11) is 0.863. The molecule has 22 rings (SSSR count). The van der Waals surface area contributed by atoms with E-state index in [1.54, 1.807) is 78.9 Å². The van der Waals surface area contributed by atoms with Gasteiger partial charge < -0.3 is 68.3 Å². The van der Waals surface area contributed by atoms with Gasteiger partial charge in [-0.1, -0.05) is 188 Å². The summed E-state index contributed by atoms with van der Waals surface area (Å²) < 4.78 is 119. The van der Waals surface area contributed by atoms with E-state index in [9.17, 15) is 32.2 Å². The summed E-state index contributed by atoms with van der Waals surface area (Å²) in [6, 6.07) is 86.1. The molecule has 1 aliphatic rings. The molecule has 670 valence electrons. The van der Waals surface area contributed by atoms with Gasteiger partial charge in [0.25, 0.3) is 6.47 Å². The fraction of sp³-hybridized carbons (Fsp3) is 0.0865. The first-order chi connectivity index (χ1) is 63.6. The van der Waals surface area contributed by atoms with Crippen LogP contribution in [0.15, 0.2) is 309 Å². The van der Waals surface area contributed by atoms with E-state index in [0.29, 0.717) is 55.1 Å². The van der Waals surface area contributed by atoms with Crippen LogP contribution in [0.3, 0.4) is 0 Å². The minimum absolute atomic E-state index is 0. The molecule has 135 heavy (non-hydrogen) atoms. The SMILES string of the molecule is BrB(Br)Br.C.CC1(C)OB(c2cccc3c2oc2c3ccc3c2ccc2c4ccccc4oc23)OC1(C)C.COc1c(-c2ccccc2F)ccc2c(OC)c(-c3cccc(Cl)c3F)ccc12.Clc1cccc2c1oc1c2ccc2c1ccc1c3ccccc3oc12.O=CO[O-].OB(O)c1ccccc1F.Oc1c(-c2ccccc2F)ccc2c(O)c(-c3cccc(Cl)c3F)ccc12.[H-].[K+].[K+]. The number of para-hydroxylation sites is 4. The maximum Gasteiger partial charge on any atom is 1.00 e. The molecule has 0 amide bonds. The van der Waals surface area contributed by atoms with Crippen molar-refractivity contribution in [2.75, 3.05) is 14.2 Å². The average molecular weight is 2120 g/mol. The predicted octanol–water partition coefficient (Wildman–Crippen LogP) is 22.7. The van der Waals surface area contributed by atoms with Crippen molar-refractivity contribution in [1.29, 1.82) is 0 Å². The quantitative estimate of drug-likeness (QED) is 0.0347. The number of aromatic hydroxyl groups is 2. The van der Waals surface area contributed by atoms with Crippen LogP contribution >= 0.6 is 82.1 Å². The second-order valence-corrected chi connectivity index (χ2v) is 38.8. The van der Waals surface area contributed by atoms with Gasteiger partial charge in [-0.15, -0.1) is 47.3 Å². The van der Waals surface area contributed by atoms with Crippen molar-refractivity contribution in [1.82, 2.24) is 0 Å². The summed E-state index contributed by atoms with van der Waals surface area (Å²) in [6.07, 6.45) is 0. The molecule has 0 atom stereocenters. The van der Waals surface area contributed by atoms with Gasteiger partial charge in [-0.05, 0) is 173 Å². The summed E-state index contributed by atoms with van der Waals surface area (Å²) in [5, 5.41) is 62.4. The first kappa shape index (κ1) is 103. The van der Waals surface area contributed by atoms with Crippen molar-refractivity contribution in [3.05, 3.63) is 335 Å². The van der Waals surface area contributed by atoms with Crippen molar-refractivity contribution in [2.45, 2.75) is 46.3 Å². The molecule has 1 saturated heterocycles. The third kappa shape index (κ3) is 20.7. The Morgan fingerprint density at radius 3 is 1.07 bits per heavy atom. The monoisotopic (exact) mass is 2110 g/mol. The number of benzene rings is 17. The molecule has 0 aliphatic carbocycles. The second-order valence-electron chi connectivity index (χ2n) is 31.2. The summed E-state index contributed by atoms with van der Waals surface area (Å²) in [4.78, 5) is 11.2. The van der Waals surface area contributed by atoms with Crippen LogP contribution in [0.1, 0.15) is 36.5 Å². The van der Waals surface area contributed by atoms with Crippen LogP contribution in [0.2, 0.25) is 15.1 Å². The molecule has 0 unspecified atom stereocenters. The third-order valence-corrected chi connectivity index (χ3v) is 24.1. The first-order valence-electron chi connectivity index (χ1n) is 40.7. The zero-order valence-electron chi connectivity index (χ0n) is 73.5. The van der Waals surface area contributed by atoms with E-state index in [4.69, 9.17) is 91.4 Å². The van der Waals surface area contributed by atoms with Crippen molar-refractivity contribution in [3.63, 3.8) is 0 Å². The van der Waals surface area contributed by atoms with E-state index in [2.05, 4.69) is 147 Å². The van der Waals surface area contributed by atoms with E-state index >= 15 is 0 Å². The van der Waals surface area contributed by atoms with Gasteiger partial charge in [0.2, 0.25) is 0 Å². The van der Waals surface area contributed by atoms with E-state index in [1.165, 1.54) is 80.9 Å². The number of rotatable bonds is 9. The Kier molecular flexibility index (Phi) is 33.9.